The molecule has 0 amide bonds. The highest BCUT2D eigenvalue weighted by Gasteiger charge is 2.52. The molecule has 0 spiro atoms. The third-order valence-electron chi connectivity index (χ3n) is 3.82. The zero-order chi connectivity index (χ0) is 17.5. The first-order valence-electron chi connectivity index (χ1n) is 8.60. The predicted molar refractivity (Wildman–Crippen MR) is 71.9 cm³/mol. The van der Waals surface area contributed by atoms with Crippen molar-refractivity contribution in [3.8, 4) is 0 Å². The van der Waals surface area contributed by atoms with Crippen molar-refractivity contribution in [3.05, 3.63) is 23.9 Å². The van der Waals surface area contributed by atoms with Crippen molar-refractivity contribution in [2.45, 2.75) is 57.5 Å². The average Bonchev–Trinajstić information content (AvgIpc) is 2.63. The SMILES string of the molecule is [2H]C1([2H])C([2H])([2H])C1([2H])c1ccc(B2OC(C)(C)C(C)(C)O2)nc1. The summed E-state index contributed by atoms with van der Waals surface area (Å²) in [6.45, 7) is 7.75. The Bertz CT molecular complexity index is 617. The molecule has 3 rings (SSSR count). The number of hydrogen-bond donors (Lipinski definition) is 0. The van der Waals surface area contributed by atoms with Gasteiger partial charge in [-0.1, -0.05) is 6.07 Å². The zero-order valence-electron chi connectivity index (χ0n) is 16.1. The van der Waals surface area contributed by atoms with Gasteiger partial charge in [0.25, 0.3) is 0 Å². The summed E-state index contributed by atoms with van der Waals surface area (Å²) in [5.41, 5.74) is -0.231. The molecule has 2 fully saturated rings. The lowest BCUT2D eigenvalue weighted by Crippen LogP contribution is -2.41. The maximum atomic E-state index is 8.14. The smallest absolute Gasteiger partial charge is 0.398 e. The van der Waals surface area contributed by atoms with E-state index in [1.165, 1.54) is 12.3 Å². The van der Waals surface area contributed by atoms with Gasteiger partial charge in [0.1, 0.15) is 0 Å². The molecule has 4 heteroatoms. The number of hydrogen-bond acceptors (Lipinski definition) is 3. The number of aromatic nitrogens is 1. The van der Waals surface area contributed by atoms with Crippen LogP contribution in [-0.2, 0) is 9.31 Å². The number of pyridine rings is 1. The third-order valence-corrected chi connectivity index (χ3v) is 3.82. The summed E-state index contributed by atoms with van der Waals surface area (Å²) in [5.74, 6) is -1.93. The Morgan fingerprint density at radius 3 is 2.33 bits per heavy atom. The second-order valence-corrected chi connectivity index (χ2v) is 5.68. The highest BCUT2D eigenvalue weighted by atomic mass is 16.7. The lowest BCUT2D eigenvalue weighted by molar-refractivity contribution is 0.00578. The van der Waals surface area contributed by atoms with E-state index in [9.17, 15) is 0 Å². The predicted octanol–water partition coefficient (Wildman–Crippen LogP) is 2.26. The van der Waals surface area contributed by atoms with E-state index in [4.69, 9.17) is 16.2 Å². The van der Waals surface area contributed by atoms with Crippen molar-refractivity contribution >= 4 is 12.7 Å². The van der Waals surface area contributed by atoms with Crippen molar-refractivity contribution in [1.82, 2.24) is 4.98 Å². The van der Waals surface area contributed by atoms with Crippen LogP contribution in [0.3, 0.4) is 0 Å². The molecule has 1 aliphatic heterocycles. The van der Waals surface area contributed by atoms with Gasteiger partial charge in [0.2, 0.25) is 0 Å². The van der Waals surface area contributed by atoms with Gasteiger partial charge < -0.3 is 9.31 Å². The Kier molecular flexibility index (Phi) is 1.62. The Labute approximate surface area is 116 Å². The molecule has 1 aromatic heterocycles. The maximum absolute atomic E-state index is 8.14. The van der Waals surface area contributed by atoms with E-state index in [0.717, 1.165) is 0 Å². The van der Waals surface area contributed by atoms with Gasteiger partial charge in [0, 0.05) is 13.1 Å². The molecule has 0 atom stereocenters. The van der Waals surface area contributed by atoms with Crippen molar-refractivity contribution < 1.29 is 16.2 Å². The topological polar surface area (TPSA) is 31.4 Å². The Morgan fingerprint density at radius 1 is 1.28 bits per heavy atom. The van der Waals surface area contributed by atoms with E-state index in [1.54, 1.807) is 6.07 Å². The number of rotatable bonds is 2. The monoisotopic (exact) mass is 250 g/mol. The van der Waals surface area contributed by atoms with Gasteiger partial charge in [0.05, 0.1) is 16.8 Å². The standard InChI is InChI=1S/C14H20BNO2/c1-13(2)14(3,4)18-15(17-13)12-8-7-11(9-16-12)10-5-6-10/h7-10H,5-6H2,1-4H3/i5D2,6D2,10D. The van der Waals surface area contributed by atoms with E-state index in [0.29, 0.717) is 5.59 Å². The zero-order valence-corrected chi connectivity index (χ0v) is 11.1. The van der Waals surface area contributed by atoms with Crippen LogP contribution in [0.4, 0.5) is 0 Å². The second kappa shape index (κ2) is 3.81. The molecule has 1 saturated carbocycles. The Morgan fingerprint density at radius 2 is 1.89 bits per heavy atom. The van der Waals surface area contributed by atoms with Crippen molar-refractivity contribution in [2.75, 3.05) is 0 Å². The fourth-order valence-electron chi connectivity index (χ4n) is 1.83. The minimum Gasteiger partial charge on any atom is -0.398 e. The van der Waals surface area contributed by atoms with Gasteiger partial charge in [-0.05, 0) is 58.0 Å². The molecule has 96 valence electrons. The van der Waals surface area contributed by atoms with Crippen LogP contribution in [-0.4, -0.2) is 23.3 Å². The van der Waals surface area contributed by atoms with Crippen molar-refractivity contribution in [1.29, 1.82) is 0 Å². The minimum atomic E-state index is -2.23. The quantitative estimate of drug-likeness (QED) is 0.754. The lowest BCUT2D eigenvalue weighted by Gasteiger charge is -2.32. The van der Waals surface area contributed by atoms with Crippen LogP contribution in [0.1, 0.15) is 58.8 Å². The van der Waals surface area contributed by atoms with Gasteiger partial charge >= 0.3 is 7.12 Å². The van der Waals surface area contributed by atoms with Gasteiger partial charge in [-0.25, -0.2) is 0 Å². The van der Waals surface area contributed by atoms with Crippen LogP contribution in [0.2, 0.25) is 0 Å². The first kappa shape index (κ1) is 7.66. The molecule has 0 bridgehead atoms. The summed E-state index contributed by atoms with van der Waals surface area (Å²) in [5, 5.41) is 0. The highest BCUT2D eigenvalue weighted by molar-refractivity contribution is 6.61. The fraction of sp³-hybridized carbons (Fsp3) is 0.643. The van der Waals surface area contributed by atoms with Gasteiger partial charge in [-0.15, -0.1) is 0 Å². The van der Waals surface area contributed by atoms with Crippen LogP contribution in [0, 0.1) is 0 Å². The first-order chi connectivity index (χ1) is 10.3. The van der Waals surface area contributed by atoms with E-state index < -0.39 is 37.0 Å². The Balaban J connectivity index is 1.86. The minimum absolute atomic E-state index is 0.216. The van der Waals surface area contributed by atoms with Crippen LogP contribution in [0.15, 0.2) is 18.3 Å². The van der Waals surface area contributed by atoms with Crippen LogP contribution in [0.5, 0.6) is 0 Å². The average molecular weight is 250 g/mol. The maximum Gasteiger partial charge on any atom is 0.514 e. The third kappa shape index (κ3) is 1.97. The van der Waals surface area contributed by atoms with E-state index in [2.05, 4.69) is 4.98 Å². The summed E-state index contributed by atoms with van der Waals surface area (Å²) < 4.78 is 50.7. The first-order valence-corrected chi connectivity index (χ1v) is 6.10. The van der Waals surface area contributed by atoms with E-state index in [1.807, 2.05) is 27.7 Å². The largest absolute Gasteiger partial charge is 0.514 e. The van der Waals surface area contributed by atoms with Crippen molar-refractivity contribution in [2.24, 2.45) is 0 Å². The van der Waals surface area contributed by atoms with Crippen molar-refractivity contribution in [3.63, 3.8) is 0 Å². The van der Waals surface area contributed by atoms with Crippen LogP contribution < -0.4 is 5.59 Å². The van der Waals surface area contributed by atoms with Crippen LogP contribution >= 0.6 is 0 Å². The molecule has 0 N–H and O–H groups in total. The van der Waals surface area contributed by atoms with E-state index >= 15 is 0 Å². The van der Waals surface area contributed by atoms with E-state index in [-0.39, 0.29) is 5.56 Å². The molecule has 1 aromatic rings. The molecule has 1 saturated heterocycles. The molecule has 0 aromatic carbocycles. The van der Waals surface area contributed by atoms with Gasteiger partial charge in [-0.3, -0.25) is 4.98 Å². The molecule has 2 heterocycles. The molecular weight excluding hydrogens is 225 g/mol. The summed E-state index contributed by atoms with van der Waals surface area (Å²) >= 11 is 0. The fourth-order valence-corrected chi connectivity index (χ4v) is 1.83. The highest BCUT2D eigenvalue weighted by Crippen LogP contribution is 2.39. The second-order valence-electron chi connectivity index (χ2n) is 5.68. The molecule has 0 radical (unpaired) electrons. The molecule has 2 aliphatic rings. The van der Waals surface area contributed by atoms with Gasteiger partial charge in [-0.2, -0.15) is 0 Å². The molecule has 0 unspecified atom stereocenters. The summed E-state index contributed by atoms with van der Waals surface area (Å²) in [7, 11) is -0.636. The van der Waals surface area contributed by atoms with Gasteiger partial charge in [0.15, 0.2) is 0 Å². The summed E-state index contributed by atoms with van der Waals surface area (Å²) in [6.07, 6.45) is -3.11. The summed E-state index contributed by atoms with van der Waals surface area (Å²) in [4.78, 5) is 4.23. The number of nitrogens with zero attached hydrogens (tertiary/aromatic N) is 1. The molecular formula is C14H20BNO2. The molecule has 18 heavy (non-hydrogen) atoms. The lowest BCUT2D eigenvalue weighted by atomic mass is 9.84. The molecule has 3 nitrogen and oxygen atoms in total. The molecule has 1 aliphatic carbocycles. The summed E-state index contributed by atoms with van der Waals surface area (Å²) in [6, 6.07) is 3.14. The Hall–Kier alpha value is -0.865. The normalized spacial score (nSPS) is 36.9. The van der Waals surface area contributed by atoms with Crippen LogP contribution in [0.25, 0.3) is 0 Å².